The minimum Gasteiger partial charge on any atom is -0.399 e. The van der Waals surface area contributed by atoms with Crippen LogP contribution in [0.15, 0.2) is 29.7 Å². The molecule has 0 aliphatic rings. The van der Waals surface area contributed by atoms with Gasteiger partial charge in [-0.05, 0) is 25.1 Å². The van der Waals surface area contributed by atoms with Crippen LogP contribution >= 0.6 is 23.1 Å². The minimum atomic E-state index is -0.310. The van der Waals surface area contributed by atoms with Gasteiger partial charge in [0, 0.05) is 5.69 Å². The molecular weight excluding hydrogens is 308 g/mol. The number of hydrogen-bond donors (Lipinski definition) is 3. The summed E-state index contributed by atoms with van der Waals surface area (Å²) in [6, 6.07) is 5.47. The molecule has 7 nitrogen and oxygen atoms in total. The molecule has 0 radical (unpaired) electrons. The van der Waals surface area contributed by atoms with Crippen LogP contribution in [0.2, 0.25) is 0 Å². The van der Waals surface area contributed by atoms with E-state index >= 15 is 0 Å². The topological polar surface area (TPSA) is 110 Å². The summed E-state index contributed by atoms with van der Waals surface area (Å²) in [6.45, 7) is 1.80. The smallest absolute Gasteiger partial charge is 0.239 e. The van der Waals surface area contributed by atoms with Crippen molar-refractivity contribution in [2.75, 3.05) is 11.1 Å². The molecule has 21 heavy (non-hydrogen) atoms. The highest BCUT2D eigenvalue weighted by Crippen LogP contribution is 2.28. The van der Waals surface area contributed by atoms with Gasteiger partial charge in [0.1, 0.15) is 6.33 Å². The fraction of sp³-hybridized carbons (Fsp3) is 0.167. The number of nitrogens with two attached hydrogens (primary N) is 1. The monoisotopic (exact) mass is 320 g/mol. The van der Waals surface area contributed by atoms with Gasteiger partial charge in [-0.3, -0.25) is 9.89 Å². The number of benzene rings is 1. The van der Waals surface area contributed by atoms with Crippen molar-refractivity contribution < 1.29 is 4.79 Å². The molecule has 4 N–H and O–H groups in total. The van der Waals surface area contributed by atoms with E-state index in [1.165, 1.54) is 29.4 Å². The average molecular weight is 320 g/mol. The summed E-state index contributed by atoms with van der Waals surface area (Å²) >= 11 is 2.70. The Bertz CT molecular complexity index is 769. The quantitative estimate of drug-likeness (QED) is 0.502. The van der Waals surface area contributed by atoms with Crippen molar-refractivity contribution in [1.29, 1.82) is 0 Å². The molecule has 0 bridgehead atoms. The number of nitrogen functional groups attached to an aromatic ring is 1. The number of anilines is 2. The van der Waals surface area contributed by atoms with Gasteiger partial charge in [0.25, 0.3) is 0 Å². The maximum atomic E-state index is 12.1. The van der Waals surface area contributed by atoms with E-state index < -0.39 is 0 Å². The molecule has 0 spiro atoms. The predicted octanol–water partition coefficient (Wildman–Crippen LogP) is 2.12. The summed E-state index contributed by atoms with van der Waals surface area (Å²) < 4.78 is 0.945. The molecule has 2 heterocycles. The van der Waals surface area contributed by atoms with Crippen LogP contribution in [0.4, 0.5) is 10.8 Å². The SMILES string of the molecule is CC(Sc1ncn[nH]1)C(=O)Nc1nc2ccc(N)cc2s1. The molecule has 1 aromatic carbocycles. The van der Waals surface area contributed by atoms with E-state index in [-0.39, 0.29) is 11.2 Å². The summed E-state index contributed by atoms with van der Waals surface area (Å²) in [4.78, 5) is 20.5. The lowest BCUT2D eigenvalue weighted by Gasteiger charge is -2.07. The van der Waals surface area contributed by atoms with Crippen LogP contribution in [0, 0.1) is 0 Å². The summed E-state index contributed by atoms with van der Waals surface area (Å²) in [5.41, 5.74) is 7.23. The highest BCUT2D eigenvalue weighted by Gasteiger charge is 2.17. The number of aromatic nitrogens is 4. The molecule has 0 saturated heterocycles. The highest BCUT2D eigenvalue weighted by molar-refractivity contribution is 8.00. The first-order chi connectivity index (χ1) is 10.1. The normalized spacial score (nSPS) is 12.4. The summed E-state index contributed by atoms with van der Waals surface area (Å²) in [7, 11) is 0. The fourth-order valence-corrected chi connectivity index (χ4v) is 3.31. The molecule has 0 aliphatic heterocycles. The number of nitrogens with zero attached hydrogens (tertiary/aromatic N) is 3. The first kappa shape index (κ1) is 13.8. The van der Waals surface area contributed by atoms with Crippen molar-refractivity contribution in [2.24, 2.45) is 0 Å². The van der Waals surface area contributed by atoms with Gasteiger partial charge in [-0.2, -0.15) is 5.10 Å². The Labute approximate surface area is 128 Å². The van der Waals surface area contributed by atoms with E-state index in [4.69, 9.17) is 5.73 Å². The average Bonchev–Trinajstić information content (AvgIpc) is 3.07. The largest absolute Gasteiger partial charge is 0.399 e. The molecule has 9 heteroatoms. The number of nitrogens with one attached hydrogen (secondary N) is 2. The second-order valence-corrected chi connectivity index (χ2v) is 6.65. The Morgan fingerprint density at radius 1 is 1.52 bits per heavy atom. The number of carbonyl (C=O) groups excluding carboxylic acids is 1. The van der Waals surface area contributed by atoms with Crippen LogP contribution in [0.5, 0.6) is 0 Å². The Morgan fingerprint density at radius 2 is 2.38 bits per heavy atom. The van der Waals surface area contributed by atoms with Gasteiger partial charge < -0.3 is 11.1 Å². The molecule has 3 aromatic rings. The Balaban J connectivity index is 1.70. The molecular formula is C12H12N6OS2. The van der Waals surface area contributed by atoms with Crippen LogP contribution in [-0.4, -0.2) is 31.3 Å². The summed E-state index contributed by atoms with van der Waals surface area (Å²) in [5, 5.41) is 10.1. The number of hydrogen-bond acceptors (Lipinski definition) is 7. The van der Waals surface area contributed by atoms with Crippen LogP contribution in [0.25, 0.3) is 10.2 Å². The number of H-pyrrole nitrogens is 1. The van der Waals surface area contributed by atoms with E-state index in [2.05, 4.69) is 25.5 Å². The zero-order valence-corrected chi connectivity index (χ0v) is 12.7. The predicted molar refractivity (Wildman–Crippen MR) is 84.4 cm³/mol. The van der Waals surface area contributed by atoms with Crippen LogP contribution < -0.4 is 11.1 Å². The number of amides is 1. The van der Waals surface area contributed by atoms with E-state index in [0.717, 1.165) is 10.2 Å². The maximum Gasteiger partial charge on any atom is 0.239 e. The van der Waals surface area contributed by atoms with Gasteiger partial charge in [0.15, 0.2) is 10.3 Å². The van der Waals surface area contributed by atoms with E-state index in [0.29, 0.717) is 16.0 Å². The standard InChI is InChI=1S/C12H12N6OS2/c1-6(20-11-14-5-15-18-11)10(19)17-12-16-8-3-2-7(13)4-9(8)21-12/h2-6H,13H2,1H3,(H,14,15,18)(H,16,17,19). The van der Waals surface area contributed by atoms with Crippen LogP contribution in [-0.2, 0) is 4.79 Å². The third-order valence-electron chi connectivity index (χ3n) is 2.69. The van der Waals surface area contributed by atoms with E-state index in [9.17, 15) is 4.79 Å². The second kappa shape index (κ2) is 5.70. The van der Waals surface area contributed by atoms with Gasteiger partial charge in [0.05, 0.1) is 15.5 Å². The number of fused-ring (bicyclic) bond motifs is 1. The lowest BCUT2D eigenvalue weighted by molar-refractivity contribution is -0.115. The molecule has 2 aromatic heterocycles. The Morgan fingerprint density at radius 3 is 3.14 bits per heavy atom. The van der Waals surface area contributed by atoms with Crippen molar-refractivity contribution in [3.8, 4) is 0 Å². The van der Waals surface area contributed by atoms with E-state index in [1.807, 2.05) is 12.1 Å². The Kier molecular flexibility index (Phi) is 3.76. The van der Waals surface area contributed by atoms with Gasteiger partial charge in [-0.1, -0.05) is 23.1 Å². The molecule has 108 valence electrons. The lowest BCUT2D eigenvalue weighted by Crippen LogP contribution is -2.22. The van der Waals surface area contributed by atoms with Crippen molar-refractivity contribution in [2.45, 2.75) is 17.3 Å². The third kappa shape index (κ3) is 3.14. The summed E-state index contributed by atoms with van der Waals surface area (Å²) in [5.74, 6) is -0.136. The van der Waals surface area contributed by atoms with Crippen molar-refractivity contribution >= 4 is 50.0 Å². The molecule has 0 aliphatic carbocycles. The van der Waals surface area contributed by atoms with Gasteiger partial charge in [-0.15, -0.1) is 0 Å². The summed E-state index contributed by atoms with van der Waals surface area (Å²) in [6.07, 6.45) is 1.41. The minimum absolute atomic E-state index is 0.136. The van der Waals surface area contributed by atoms with Crippen LogP contribution in [0.3, 0.4) is 0 Å². The van der Waals surface area contributed by atoms with Gasteiger partial charge in [0.2, 0.25) is 5.91 Å². The lowest BCUT2D eigenvalue weighted by atomic mass is 10.3. The zero-order chi connectivity index (χ0) is 14.8. The maximum absolute atomic E-state index is 12.1. The van der Waals surface area contributed by atoms with E-state index in [1.54, 1.807) is 13.0 Å². The van der Waals surface area contributed by atoms with Crippen molar-refractivity contribution in [3.63, 3.8) is 0 Å². The number of aromatic amines is 1. The zero-order valence-electron chi connectivity index (χ0n) is 11.0. The molecule has 0 fully saturated rings. The van der Waals surface area contributed by atoms with Gasteiger partial charge in [-0.25, -0.2) is 9.97 Å². The molecule has 0 saturated carbocycles. The number of carbonyl (C=O) groups is 1. The molecule has 1 atom stereocenters. The molecule has 3 rings (SSSR count). The fourth-order valence-electron chi connectivity index (χ4n) is 1.67. The first-order valence-corrected chi connectivity index (χ1v) is 7.80. The number of thioether (sulfide) groups is 1. The van der Waals surface area contributed by atoms with Crippen LogP contribution in [0.1, 0.15) is 6.92 Å². The number of rotatable bonds is 4. The third-order valence-corrected chi connectivity index (χ3v) is 4.61. The van der Waals surface area contributed by atoms with Crippen molar-refractivity contribution in [3.05, 3.63) is 24.5 Å². The molecule has 1 unspecified atom stereocenters. The van der Waals surface area contributed by atoms with Gasteiger partial charge >= 0.3 is 0 Å². The molecule has 1 amide bonds. The second-order valence-electron chi connectivity index (χ2n) is 4.29. The Hall–Kier alpha value is -2.13. The highest BCUT2D eigenvalue weighted by atomic mass is 32.2. The number of thiazole rings is 1. The first-order valence-electron chi connectivity index (χ1n) is 6.11. The van der Waals surface area contributed by atoms with Crippen molar-refractivity contribution in [1.82, 2.24) is 20.2 Å².